The van der Waals surface area contributed by atoms with Crippen LogP contribution in [0.5, 0.6) is 5.75 Å². The lowest BCUT2D eigenvalue weighted by molar-refractivity contribution is -0.00521. The van der Waals surface area contributed by atoms with Crippen LogP contribution in [0.15, 0.2) is 36.4 Å². The number of H-pyrrole nitrogens is 1. The number of nitrogens with two attached hydrogens (primary N) is 1. The number of primary amides is 1. The molecule has 2 heterocycles. The van der Waals surface area contributed by atoms with Gasteiger partial charge in [-0.15, -0.1) is 0 Å². The van der Waals surface area contributed by atoms with Crippen LogP contribution >= 0.6 is 0 Å². The first-order valence-electron chi connectivity index (χ1n) is 11.4. The van der Waals surface area contributed by atoms with Crippen molar-refractivity contribution in [2.45, 2.75) is 46.4 Å². The molecule has 0 bridgehead atoms. The number of aryl methyl sites for hydroxylation is 2. The fourth-order valence-corrected chi connectivity index (χ4v) is 4.42. The predicted molar refractivity (Wildman–Crippen MR) is 134 cm³/mol. The molecule has 2 unspecified atom stereocenters. The van der Waals surface area contributed by atoms with Crippen LogP contribution in [0.4, 0.5) is 23.0 Å². The van der Waals surface area contributed by atoms with E-state index in [1.807, 2.05) is 50.2 Å². The van der Waals surface area contributed by atoms with Crippen LogP contribution < -0.4 is 21.3 Å². The van der Waals surface area contributed by atoms with Crippen LogP contribution in [0.2, 0.25) is 0 Å². The number of phenolic OH excluding ortho intramolecular Hbond substituents is 1. The maximum Gasteiger partial charge on any atom is 0.256 e. The minimum Gasteiger partial charge on any atom is -0.507 e. The number of nitrogens with zero attached hydrogens (tertiary/aromatic N) is 2. The Hall–Kier alpha value is -3.72. The van der Waals surface area contributed by atoms with E-state index in [0.29, 0.717) is 23.9 Å². The van der Waals surface area contributed by atoms with Gasteiger partial charge >= 0.3 is 0 Å². The zero-order valence-electron chi connectivity index (χ0n) is 20.0. The largest absolute Gasteiger partial charge is 0.507 e. The van der Waals surface area contributed by atoms with Gasteiger partial charge in [0.05, 0.1) is 12.2 Å². The summed E-state index contributed by atoms with van der Waals surface area (Å²) in [4.78, 5) is 14.5. The number of aromatic hydroxyl groups is 1. The smallest absolute Gasteiger partial charge is 0.256 e. The molecule has 1 amide bonds. The number of anilines is 4. The fraction of sp³-hybridized carbons (Fsp3) is 0.360. The molecule has 3 aromatic rings. The Balaban J connectivity index is 1.47. The highest BCUT2D eigenvalue weighted by Crippen LogP contribution is 2.28. The Morgan fingerprint density at radius 3 is 2.38 bits per heavy atom. The van der Waals surface area contributed by atoms with Crippen LogP contribution in [-0.4, -0.2) is 46.5 Å². The van der Waals surface area contributed by atoms with Gasteiger partial charge in [0.1, 0.15) is 17.1 Å². The normalized spacial score (nSPS) is 18.1. The van der Waals surface area contributed by atoms with Gasteiger partial charge in [0.15, 0.2) is 5.82 Å². The van der Waals surface area contributed by atoms with Gasteiger partial charge in [0, 0.05) is 31.0 Å². The average molecular weight is 465 g/mol. The van der Waals surface area contributed by atoms with Gasteiger partial charge in [-0.1, -0.05) is 12.1 Å². The minimum absolute atomic E-state index is 0.184. The van der Waals surface area contributed by atoms with Crippen molar-refractivity contribution in [3.8, 4) is 5.75 Å². The molecule has 6 N–H and O–H groups in total. The van der Waals surface area contributed by atoms with Gasteiger partial charge in [-0.05, 0) is 68.7 Å². The van der Waals surface area contributed by atoms with E-state index in [1.165, 1.54) is 0 Å². The van der Waals surface area contributed by atoms with Crippen molar-refractivity contribution in [1.29, 1.82) is 0 Å². The Bertz CT molecular complexity index is 1140. The third-order valence-electron chi connectivity index (χ3n) is 5.95. The molecular weight excluding hydrogens is 432 g/mol. The lowest BCUT2D eigenvalue weighted by Crippen LogP contribution is -2.45. The van der Waals surface area contributed by atoms with Crippen LogP contribution in [0.25, 0.3) is 0 Å². The predicted octanol–water partition coefficient (Wildman–Crippen LogP) is 3.80. The van der Waals surface area contributed by atoms with E-state index in [4.69, 9.17) is 10.5 Å². The molecule has 2 atom stereocenters. The lowest BCUT2D eigenvalue weighted by atomic mass is 10.1. The Labute approximate surface area is 199 Å². The maximum atomic E-state index is 12.2. The molecule has 4 rings (SSSR count). The molecule has 1 aliphatic heterocycles. The molecule has 0 saturated carbocycles. The molecule has 180 valence electrons. The number of carbonyl (C=O) groups is 1. The third-order valence-corrected chi connectivity index (χ3v) is 5.95. The van der Waals surface area contributed by atoms with Crippen molar-refractivity contribution in [3.05, 3.63) is 58.7 Å². The molecule has 9 nitrogen and oxygen atoms in total. The first-order chi connectivity index (χ1) is 16.2. The van der Waals surface area contributed by atoms with Crippen molar-refractivity contribution in [3.63, 3.8) is 0 Å². The molecule has 0 radical (unpaired) electrons. The highest BCUT2D eigenvalue weighted by Gasteiger charge is 2.23. The summed E-state index contributed by atoms with van der Waals surface area (Å²) in [5.74, 6) is 0.490. The SMILES string of the molecule is Cc1cc(CNc2[nH]nc(Nc3ccc(N4CC(C)OC(C)C4)cc3)c2C(N)=O)cc(C)c1O. The quantitative estimate of drug-likeness (QED) is 0.360. The number of rotatable bonds is 7. The number of amides is 1. The number of hydrogen-bond donors (Lipinski definition) is 5. The van der Waals surface area contributed by atoms with Crippen molar-refractivity contribution < 1.29 is 14.6 Å². The first kappa shape index (κ1) is 23.4. The summed E-state index contributed by atoms with van der Waals surface area (Å²) in [6.45, 7) is 9.99. The lowest BCUT2D eigenvalue weighted by Gasteiger charge is -2.36. The van der Waals surface area contributed by atoms with Crippen LogP contribution in [-0.2, 0) is 11.3 Å². The molecule has 1 aliphatic rings. The summed E-state index contributed by atoms with van der Waals surface area (Å²) in [5, 5.41) is 23.5. The van der Waals surface area contributed by atoms with E-state index in [-0.39, 0.29) is 17.8 Å². The maximum absolute atomic E-state index is 12.2. The second-order valence-electron chi connectivity index (χ2n) is 8.95. The first-order valence-corrected chi connectivity index (χ1v) is 11.4. The number of aromatic amines is 1. The zero-order chi connectivity index (χ0) is 24.4. The molecule has 34 heavy (non-hydrogen) atoms. The molecular formula is C25H32N6O3. The number of morpholine rings is 1. The molecule has 1 fully saturated rings. The standard InChI is InChI=1S/C25H32N6O3/c1-14-9-18(10-15(2)22(14)32)11-27-24-21(23(26)33)25(30-29-24)28-19-5-7-20(8-6-19)31-12-16(3)34-17(4)13-31/h5-10,16-17,32H,11-13H2,1-4H3,(H2,26,33)(H3,27,28,29,30). The van der Waals surface area contributed by atoms with Crippen molar-refractivity contribution in [2.24, 2.45) is 5.73 Å². The van der Waals surface area contributed by atoms with E-state index in [9.17, 15) is 9.90 Å². The van der Waals surface area contributed by atoms with E-state index in [0.717, 1.165) is 41.2 Å². The van der Waals surface area contributed by atoms with Crippen LogP contribution in [0, 0.1) is 13.8 Å². The van der Waals surface area contributed by atoms with Crippen LogP contribution in [0.1, 0.15) is 40.9 Å². The summed E-state index contributed by atoms with van der Waals surface area (Å²) in [5.41, 5.74) is 10.4. The molecule has 0 spiro atoms. The summed E-state index contributed by atoms with van der Waals surface area (Å²) >= 11 is 0. The average Bonchev–Trinajstić information content (AvgIpc) is 3.18. The number of benzene rings is 2. The second kappa shape index (κ2) is 9.64. The van der Waals surface area contributed by atoms with E-state index >= 15 is 0 Å². The van der Waals surface area contributed by atoms with Gasteiger partial charge in [-0.25, -0.2) is 0 Å². The molecule has 9 heteroatoms. The summed E-state index contributed by atoms with van der Waals surface area (Å²) in [6.07, 6.45) is 0.369. The topological polar surface area (TPSA) is 129 Å². The summed E-state index contributed by atoms with van der Waals surface area (Å²) in [7, 11) is 0. The second-order valence-corrected chi connectivity index (χ2v) is 8.95. The Morgan fingerprint density at radius 2 is 1.79 bits per heavy atom. The molecule has 1 aromatic heterocycles. The third kappa shape index (κ3) is 5.09. The molecule has 0 aliphatic carbocycles. The van der Waals surface area contributed by atoms with Gasteiger partial charge in [-0.3, -0.25) is 9.89 Å². The zero-order valence-corrected chi connectivity index (χ0v) is 20.0. The highest BCUT2D eigenvalue weighted by atomic mass is 16.5. The van der Waals surface area contributed by atoms with Gasteiger partial charge in [-0.2, -0.15) is 5.10 Å². The minimum atomic E-state index is -0.593. The van der Waals surface area contributed by atoms with Crippen LogP contribution in [0.3, 0.4) is 0 Å². The number of hydrogen-bond acceptors (Lipinski definition) is 7. The van der Waals surface area contributed by atoms with Gasteiger partial charge in [0.2, 0.25) is 0 Å². The summed E-state index contributed by atoms with van der Waals surface area (Å²) in [6, 6.07) is 11.8. The van der Waals surface area contributed by atoms with E-state index in [2.05, 4.69) is 39.6 Å². The Kier molecular flexibility index (Phi) is 6.65. The number of aromatic nitrogens is 2. The van der Waals surface area contributed by atoms with Gasteiger partial charge in [0.25, 0.3) is 5.91 Å². The van der Waals surface area contributed by atoms with Crippen molar-refractivity contribution >= 4 is 28.9 Å². The fourth-order valence-electron chi connectivity index (χ4n) is 4.42. The summed E-state index contributed by atoms with van der Waals surface area (Å²) < 4.78 is 5.82. The number of carbonyl (C=O) groups excluding carboxylic acids is 1. The van der Waals surface area contributed by atoms with Crippen molar-refractivity contribution in [1.82, 2.24) is 10.2 Å². The number of phenols is 1. The molecule has 1 saturated heterocycles. The molecule has 2 aromatic carbocycles. The number of ether oxygens (including phenoxy) is 1. The van der Waals surface area contributed by atoms with Gasteiger partial charge < -0.3 is 31.1 Å². The highest BCUT2D eigenvalue weighted by molar-refractivity contribution is 6.03. The van der Waals surface area contributed by atoms with E-state index in [1.54, 1.807) is 0 Å². The number of nitrogens with one attached hydrogen (secondary N) is 3. The monoisotopic (exact) mass is 464 g/mol. The van der Waals surface area contributed by atoms with E-state index < -0.39 is 5.91 Å². The Morgan fingerprint density at radius 1 is 1.18 bits per heavy atom. The van der Waals surface area contributed by atoms with Crippen molar-refractivity contribution in [2.75, 3.05) is 28.6 Å².